The summed E-state index contributed by atoms with van der Waals surface area (Å²) in [4.78, 5) is 21.5. The summed E-state index contributed by atoms with van der Waals surface area (Å²) in [5.41, 5.74) is 0.556. The number of carbonyl (C=O) groups is 2. The van der Waals surface area contributed by atoms with Gasteiger partial charge < -0.3 is 4.74 Å². The van der Waals surface area contributed by atoms with Gasteiger partial charge in [-0.25, -0.2) is 0 Å². The van der Waals surface area contributed by atoms with Crippen molar-refractivity contribution < 1.29 is 14.3 Å². The van der Waals surface area contributed by atoms with Gasteiger partial charge in [0.15, 0.2) is 12.4 Å². The molecule has 0 amide bonds. The minimum atomic E-state index is -0.207. The molecule has 3 nitrogen and oxygen atoms in total. The number of carbonyl (C=O) groups excluding carboxylic acids is 2. The van der Waals surface area contributed by atoms with Gasteiger partial charge in [-0.1, -0.05) is 36.4 Å². The Labute approximate surface area is 92.6 Å². The Bertz CT molecular complexity index is 531. The van der Waals surface area contributed by atoms with E-state index in [-0.39, 0.29) is 18.9 Å². The van der Waals surface area contributed by atoms with Crippen molar-refractivity contribution in [3.05, 3.63) is 48.0 Å². The standard InChI is InChI=1S/C13H10O3/c14-9-16-8-13(15)12-6-5-10-3-1-2-4-11(10)7-12/h1-7,9H,8H2. The monoisotopic (exact) mass is 214 g/mol. The lowest BCUT2D eigenvalue weighted by atomic mass is 10.0. The first-order valence-electron chi connectivity index (χ1n) is 4.88. The highest BCUT2D eigenvalue weighted by molar-refractivity contribution is 6.00. The second-order valence-corrected chi connectivity index (χ2v) is 3.39. The number of ether oxygens (including phenoxy) is 1. The molecule has 0 aromatic heterocycles. The number of rotatable bonds is 4. The molecular formula is C13H10O3. The summed E-state index contributed by atoms with van der Waals surface area (Å²) in [5.74, 6) is -0.196. The Kier molecular flexibility index (Phi) is 2.96. The fourth-order valence-electron chi connectivity index (χ4n) is 1.56. The molecule has 2 aromatic rings. The fraction of sp³-hybridized carbons (Fsp3) is 0.0769. The highest BCUT2D eigenvalue weighted by Crippen LogP contribution is 2.15. The maximum absolute atomic E-state index is 11.6. The molecule has 2 aromatic carbocycles. The smallest absolute Gasteiger partial charge is 0.293 e. The highest BCUT2D eigenvalue weighted by atomic mass is 16.5. The number of benzene rings is 2. The lowest BCUT2D eigenvalue weighted by Gasteiger charge is -2.02. The van der Waals surface area contributed by atoms with E-state index < -0.39 is 0 Å². The van der Waals surface area contributed by atoms with Crippen LogP contribution in [0.1, 0.15) is 10.4 Å². The fourth-order valence-corrected chi connectivity index (χ4v) is 1.56. The van der Waals surface area contributed by atoms with Gasteiger partial charge in [-0.05, 0) is 16.8 Å². The molecule has 16 heavy (non-hydrogen) atoms. The van der Waals surface area contributed by atoms with Crippen molar-refractivity contribution in [2.24, 2.45) is 0 Å². The van der Waals surface area contributed by atoms with E-state index in [2.05, 4.69) is 4.74 Å². The Morgan fingerprint density at radius 1 is 1.12 bits per heavy atom. The molecule has 0 aliphatic carbocycles. The lowest BCUT2D eigenvalue weighted by molar-refractivity contribution is -0.127. The topological polar surface area (TPSA) is 43.4 Å². The van der Waals surface area contributed by atoms with Crippen LogP contribution in [0, 0.1) is 0 Å². The van der Waals surface area contributed by atoms with E-state index >= 15 is 0 Å². The first-order chi connectivity index (χ1) is 7.81. The molecule has 0 radical (unpaired) electrons. The van der Waals surface area contributed by atoms with Crippen molar-refractivity contribution in [1.82, 2.24) is 0 Å². The van der Waals surface area contributed by atoms with E-state index in [0.29, 0.717) is 5.56 Å². The van der Waals surface area contributed by atoms with Crippen LogP contribution in [0.15, 0.2) is 42.5 Å². The van der Waals surface area contributed by atoms with Crippen LogP contribution >= 0.6 is 0 Å². The van der Waals surface area contributed by atoms with Crippen molar-refractivity contribution in [2.75, 3.05) is 6.61 Å². The minimum absolute atomic E-state index is 0.196. The Balaban J connectivity index is 2.32. The summed E-state index contributed by atoms with van der Waals surface area (Å²) in [6.45, 7) is 0.0702. The van der Waals surface area contributed by atoms with Gasteiger partial charge in [-0.2, -0.15) is 0 Å². The zero-order valence-electron chi connectivity index (χ0n) is 8.55. The van der Waals surface area contributed by atoms with Gasteiger partial charge >= 0.3 is 0 Å². The first kappa shape index (κ1) is 10.4. The normalized spacial score (nSPS) is 10.0. The molecule has 2 rings (SSSR count). The molecule has 0 N–H and O–H groups in total. The van der Waals surface area contributed by atoms with Crippen LogP contribution in [0.3, 0.4) is 0 Å². The zero-order chi connectivity index (χ0) is 11.4. The Morgan fingerprint density at radius 3 is 2.62 bits per heavy atom. The van der Waals surface area contributed by atoms with Crippen LogP contribution in [0.2, 0.25) is 0 Å². The van der Waals surface area contributed by atoms with Crippen molar-refractivity contribution in [3.63, 3.8) is 0 Å². The van der Waals surface area contributed by atoms with Crippen LogP contribution in [0.25, 0.3) is 10.8 Å². The molecule has 0 unspecified atom stereocenters. The summed E-state index contributed by atoms with van der Waals surface area (Å²) < 4.78 is 4.43. The average molecular weight is 214 g/mol. The molecule has 0 fully saturated rings. The third kappa shape index (κ3) is 2.08. The first-order valence-corrected chi connectivity index (χ1v) is 4.88. The Hall–Kier alpha value is -2.16. The number of hydrogen-bond acceptors (Lipinski definition) is 3. The van der Waals surface area contributed by atoms with Gasteiger partial charge in [0.2, 0.25) is 0 Å². The van der Waals surface area contributed by atoms with Crippen LogP contribution in [-0.4, -0.2) is 18.9 Å². The van der Waals surface area contributed by atoms with Crippen molar-refractivity contribution in [2.45, 2.75) is 0 Å². The summed E-state index contributed by atoms with van der Waals surface area (Å²) in [6.07, 6.45) is 0. The van der Waals surface area contributed by atoms with Crippen LogP contribution < -0.4 is 0 Å². The second-order valence-electron chi connectivity index (χ2n) is 3.39. The summed E-state index contributed by atoms with van der Waals surface area (Å²) in [5, 5.41) is 2.08. The number of fused-ring (bicyclic) bond motifs is 1. The molecule has 0 atom stereocenters. The molecule has 0 heterocycles. The van der Waals surface area contributed by atoms with Gasteiger partial charge in [-0.3, -0.25) is 9.59 Å². The summed E-state index contributed by atoms with van der Waals surface area (Å²) in [7, 11) is 0. The predicted octanol–water partition coefficient (Wildman–Crippen LogP) is 2.20. The lowest BCUT2D eigenvalue weighted by Crippen LogP contribution is -2.07. The average Bonchev–Trinajstić information content (AvgIpc) is 2.35. The van der Waals surface area contributed by atoms with Crippen LogP contribution in [-0.2, 0) is 9.53 Å². The molecule has 80 valence electrons. The molecule has 0 spiro atoms. The van der Waals surface area contributed by atoms with Crippen molar-refractivity contribution >= 4 is 23.0 Å². The molecular weight excluding hydrogens is 204 g/mol. The SMILES string of the molecule is O=COCC(=O)c1ccc2ccccc2c1. The molecule has 0 saturated carbocycles. The van der Waals surface area contributed by atoms with Crippen LogP contribution in [0.5, 0.6) is 0 Å². The van der Waals surface area contributed by atoms with E-state index in [1.54, 1.807) is 12.1 Å². The predicted molar refractivity (Wildman–Crippen MR) is 60.3 cm³/mol. The third-order valence-electron chi connectivity index (χ3n) is 2.35. The van der Waals surface area contributed by atoms with Gasteiger partial charge in [0, 0.05) is 5.56 Å². The number of ketones is 1. The van der Waals surface area contributed by atoms with Crippen molar-refractivity contribution in [1.29, 1.82) is 0 Å². The second kappa shape index (κ2) is 4.57. The molecule has 0 aliphatic rings. The molecule has 0 bridgehead atoms. The van der Waals surface area contributed by atoms with E-state index in [4.69, 9.17) is 0 Å². The highest BCUT2D eigenvalue weighted by Gasteiger charge is 2.06. The number of Topliss-reactive ketones (excluding diaryl/α,β-unsaturated/α-hetero) is 1. The van der Waals surface area contributed by atoms with Crippen molar-refractivity contribution in [3.8, 4) is 0 Å². The van der Waals surface area contributed by atoms with E-state index in [1.807, 2.05) is 30.3 Å². The molecule has 0 saturated heterocycles. The maximum atomic E-state index is 11.6. The zero-order valence-corrected chi connectivity index (χ0v) is 8.55. The van der Waals surface area contributed by atoms with E-state index in [0.717, 1.165) is 10.8 Å². The minimum Gasteiger partial charge on any atom is -0.459 e. The molecule has 3 heteroatoms. The van der Waals surface area contributed by atoms with Crippen LogP contribution in [0.4, 0.5) is 0 Å². The van der Waals surface area contributed by atoms with Gasteiger partial charge in [0.05, 0.1) is 0 Å². The third-order valence-corrected chi connectivity index (χ3v) is 2.35. The largest absolute Gasteiger partial charge is 0.459 e. The summed E-state index contributed by atoms with van der Waals surface area (Å²) in [6, 6.07) is 13.2. The maximum Gasteiger partial charge on any atom is 0.293 e. The number of hydrogen-bond donors (Lipinski definition) is 0. The van der Waals surface area contributed by atoms with Gasteiger partial charge in [0.25, 0.3) is 6.47 Å². The van der Waals surface area contributed by atoms with E-state index in [1.165, 1.54) is 0 Å². The summed E-state index contributed by atoms with van der Waals surface area (Å²) >= 11 is 0. The Morgan fingerprint density at radius 2 is 1.88 bits per heavy atom. The van der Waals surface area contributed by atoms with E-state index in [9.17, 15) is 9.59 Å². The van der Waals surface area contributed by atoms with Gasteiger partial charge in [-0.15, -0.1) is 0 Å². The molecule has 0 aliphatic heterocycles. The van der Waals surface area contributed by atoms with Gasteiger partial charge in [0.1, 0.15) is 0 Å². The quantitative estimate of drug-likeness (QED) is 0.578.